The minimum Gasteiger partial charge on any atom is -0.479 e. The molecule has 14 atom stereocenters. The van der Waals surface area contributed by atoms with E-state index in [9.17, 15) is 48.1 Å². The van der Waals surface area contributed by atoms with Crippen LogP contribution in [0.5, 0.6) is 0 Å². The molecule has 0 bridgehead atoms. The van der Waals surface area contributed by atoms with Crippen molar-refractivity contribution in [2.24, 2.45) is 40.4 Å². The molecule has 3 saturated carbocycles. The molecule has 268 valence electrons. The monoisotopic (exact) mass is 688 g/mol. The van der Waals surface area contributed by atoms with Crippen LogP contribution in [0.4, 0.5) is 0 Å². The van der Waals surface area contributed by atoms with Crippen LogP contribution in [0.1, 0.15) is 92.4 Å². The van der Waals surface area contributed by atoms with Crippen LogP contribution in [0, 0.1) is 40.4 Å². The predicted molar refractivity (Wildman–Crippen MR) is 166 cm³/mol. The van der Waals surface area contributed by atoms with Gasteiger partial charge < -0.3 is 35.0 Å². The second-order valence-electron chi connectivity index (χ2n) is 16.0. The fourth-order valence-electron chi connectivity index (χ4n) is 10.3. The number of aliphatic hydroxyl groups excluding tert-OH is 3. The number of ketones is 1. The molecule has 5 rings (SSSR count). The number of allylic oxidation sites excluding steroid dienone is 2. The standard InChI is InChI=1S/C33H52O13S/c1-16(2)12-17(34)15-33(5,40)24-7-6-20-19-14-23(46-47(41,42)43)22-13-18(8-10-31(22,3)21(19)9-11-32(20,24)4)44-30-27(37)25(35)26(36)28(45-30)29(38)39/h9,16,18-20,22-28,30,35-37,40H,6-8,10-15H2,1-5H3,(H,38,39)(H,41,42,43)/t18?,19?,20?,22?,23-,24-,25-,26-,27+,28-,30+,31+,32-,33-/m0/s1. The fraction of sp³-hybridized carbons (Fsp3) is 0.879. The summed E-state index contributed by atoms with van der Waals surface area (Å²) in [4.78, 5) is 24.4. The molecule has 47 heavy (non-hydrogen) atoms. The van der Waals surface area contributed by atoms with Crippen LogP contribution in [0.25, 0.3) is 0 Å². The highest BCUT2D eigenvalue weighted by molar-refractivity contribution is 7.80. The molecular weight excluding hydrogens is 636 g/mol. The molecule has 0 radical (unpaired) electrons. The van der Waals surface area contributed by atoms with Crippen LogP contribution in [-0.2, 0) is 33.6 Å². The van der Waals surface area contributed by atoms with E-state index in [-0.39, 0.29) is 47.7 Å². The van der Waals surface area contributed by atoms with Crippen LogP contribution in [-0.4, -0.2) is 98.8 Å². The second kappa shape index (κ2) is 13.0. The Hall–Kier alpha value is -1.49. The normalized spacial score (nSPS) is 44.9. The van der Waals surface area contributed by atoms with Gasteiger partial charge in [0.15, 0.2) is 12.4 Å². The number of carboxylic acids is 1. The Kier molecular flexibility index (Phi) is 10.2. The minimum absolute atomic E-state index is 0.0352. The zero-order chi connectivity index (χ0) is 34.9. The van der Waals surface area contributed by atoms with Crippen molar-refractivity contribution in [3.8, 4) is 0 Å². The number of carbonyl (C=O) groups excluding carboxylic acids is 1. The molecule has 5 aliphatic rings. The maximum Gasteiger partial charge on any atom is 0.397 e. The summed E-state index contributed by atoms with van der Waals surface area (Å²) < 4.78 is 50.9. The first kappa shape index (κ1) is 36.8. The molecule has 1 aliphatic heterocycles. The van der Waals surface area contributed by atoms with Gasteiger partial charge in [-0.2, -0.15) is 8.42 Å². The lowest BCUT2D eigenvalue weighted by molar-refractivity contribution is -0.309. The van der Waals surface area contributed by atoms with Gasteiger partial charge >= 0.3 is 16.4 Å². The molecule has 1 saturated heterocycles. The van der Waals surface area contributed by atoms with Gasteiger partial charge in [-0.1, -0.05) is 39.3 Å². The molecule has 6 N–H and O–H groups in total. The highest BCUT2D eigenvalue weighted by Gasteiger charge is 2.62. The minimum atomic E-state index is -4.85. The van der Waals surface area contributed by atoms with Gasteiger partial charge in [-0.3, -0.25) is 9.35 Å². The molecular formula is C33H52O13S. The lowest BCUT2D eigenvalue weighted by Crippen LogP contribution is -2.61. The van der Waals surface area contributed by atoms with Crippen molar-refractivity contribution < 1.29 is 61.7 Å². The van der Waals surface area contributed by atoms with Crippen molar-refractivity contribution in [1.82, 2.24) is 0 Å². The van der Waals surface area contributed by atoms with E-state index in [0.717, 1.165) is 12.8 Å². The number of hydrogen-bond acceptors (Lipinski definition) is 11. The zero-order valence-corrected chi connectivity index (χ0v) is 28.6. The van der Waals surface area contributed by atoms with Crippen molar-refractivity contribution >= 4 is 22.2 Å². The summed E-state index contributed by atoms with van der Waals surface area (Å²) in [5, 5.41) is 52.0. The summed E-state index contributed by atoms with van der Waals surface area (Å²) in [5.74, 6) is -1.88. The lowest BCUT2D eigenvalue weighted by atomic mass is 9.47. The maximum absolute atomic E-state index is 12.8. The number of carboxylic acid groups (broad SMARTS) is 1. The van der Waals surface area contributed by atoms with Gasteiger partial charge in [-0.15, -0.1) is 0 Å². The summed E-state index contributed by atoms with van der Waals surface area (Å²) in [6.07, 6.45) is -3.90. The number of rotatable bonds is 10. The summed E-state index contributed by atoms with van der Waals surface area (Å²) >= 11 is 0. The van der Waals surface area contributed by atoms with E-state index in [4.69, 9.17) is 13.7 Å². The Morgan fingerprint density at radius 2 is 1.74 bits per heavy atom. The largest absolute Gasteiger partial charge is 0.479 e. The SMILES string of the molecule is CC(C)CC(=O)C[C@](C)(O)[C@H]1CCC2C3C[C@H](OS(=O)(=O)O)C4CC(O[C@@H]5O[C@H](C(=O)O)[C@@H](O)[C@H](O)[C@H]5O)CC[C@]4(C)C3=CC[C@@]21C. The van der Waals surface area contributed by atoms with E-state index in [1.807, 2.05) is 13.8 Å². The topological polar surface area (TPSA) is 217 Å². The van der Waals surface area contributed by atoms with Gasteiger partial charge in [0.2, 0.25) is 0 Å². The van der Waals surface area contributed by atoms with Crippen molar-refractivity contribution in [3.63, 3.8) is 0 Å². The van der Waals surface area contributed by atoms with Crippen molar-refractivity contribution in [2.75, 3.05) is 0 Å². The first-order valence-electron chi connectivity index (χ1n) is 16.9. The lowest BCUT2D eigenvalue weighted by Gasteiger charge is -2.59. The average molecular weight is 689 g/mol. The highest BCUT2D eigenvalue weighted by atomic mass is 32.3. The Balaban J connectivity index is 1.40. The number of hydrogen-bond donors (Lipinski definition) is 6. The number of aliphatic hydroxyl groups is 4. The van der Waals surface area contributed by atoms with Gasteiger partial charge in [0, 0.05) is 12.8 Å². The van der Waals surface area contributed by atoms with Crippen LogP contribution in [0.2, 0.25) is 0 Å². The average Bonchev–Trinajstić information content (AvgIpc) is 3.30. The molecule has 14 heteroatoms. The van der Waals surface area contributed by atoms with Crippen molar-refractivity contribution in [1.29, 1.82) is 0 Å². The van der Waals surface area contributed by atoms with Gasteiger partial charge in [-0.25, -0.2) is 8.98 Å². The van der Waals surface area contributed by atoms with Crippen LogP contribution in [0.3, 0.4) is 0 Å². The smallest absolute Gasteiger partial charge is 0.397 e. The molecule has 13 nitrogen and oxygen atoms in total. The third-order valence-electron chi connectivity index (χ3n) is 12.3. The van der Waals surface area contributed by atoms with Crippen LogP contribution in [0.15, 0.2) is 11.6 Å². The van der Waals surface area contributed by atoms with Crippen LogP contribution >= 0.6 is 0 Å². The molecule has 0 amide bonds. The Morgan fingerprint density at radius 1 is 1.06 bits per heavy atom. The summed E-state index contributed by atoms with van der Waals surface area (Å²) in [5.41, 5.74) is -0.897. The van der Waals surface area contributed by atoms with Crippen molar-refractivity contribution in [2.45, 2.75) is 141 Å². The van der Waals surface area contributed by atoms with E-state index < -0.39 is 76.2 Å². The quantitative estimate of drug-likeness (QED) is 0.111. The number of ether oxygens (including phenoxy) is 2. The van der Waals surface area contributed by atoms with Crippen molar-refractivity contribution in [3.05, 3.63) is 11.6 Å². The van der Waals surface area contributed by atoms with Gasteiger partial charge in [0.1, 0.15) is 24.1 Å². The number of Topliss-reactive ketones (excluding diaryl/α,β-unsaturated/α-hetero) is 1. The Morgan fingerprint density at radius 3 is 2.36 bits per heavy atom. The first-order valence-corrected chi connectivity index (χ1v) is 18.2. The summed E-state index contributed by atoms with van der Waals surface area (Å²) in [6, 6.07) is 0. The second-order valence-corrected chi connectivity index (χ2v) is 17.0. The highest BCUT2D eigenvalue weighted by Crippen LogP contribution is 2.67. The fourth-order valence-corrected chi connectivity index (χ4v) is 10.8. The third-order valence-corrected chi connectivity index (χ3v) is 12.8. The van der Waals surface area contributed by atoms with E-state index >= 15 is 0 Å². The molecule has 4 unspecified atom stereocenters. The number of fused-ring (bicyclic) bond motifs is 5. The van der Waals surface area contributed by atoms with E-state index in [0.29, 0.717) is 32.1 Å². The summed E-state index contributed by atoms with van der Waals surface area (Å²) in [6.45, 7) is 9.94. The van der Waals surface area contributed by atoms with E-state index in [1.54, 1.807) is 6.92 Å². The molecule has 1 heterocycles. The molecule has 4 fully saturated rings. The zero-order valence-electron chi connectivity index (χ0n) is 27.8. The predicted octanol–water partition coefficient (Wildman–Crippen LogP) is 2.40. The number of aliphatic carboxylic acids is 1. The third kappa shape index (κ3) is 6.96. The van der Waals surface area contributed by atoms with Crippen LogP contribution < -0.4 is 0 Å². The molecule has 0 spiro atoms. The van der Waals surface area contributed by atoms with Gasteiger partial charge in [0.25, 0.3) is 0 Å². The molecule has 0 aromatic heterocycles. The Bertz CT molecular complexity index is 1350. The molecule has 0 aromatic rings. The summed E-state index contributed by atoms with van der Waals surface area (Å²) in [7, 11) is -4.85. The van der Waals surface area contributed by atoms with E-state index in [1.165, 1.54) is 5.57 Å². The van der Waals surface area contributed by atoms with Gasteiger partial charge in [0.05, 0.1) is 17.8 Å². The molecule has 4 aliphatic carbocycles. The number of carbonyl (C=O) groups is 2. The molecule has 0 aromatic carbocycles. The van der Waals surface area contributed by atoms with E-state index in [2.05, 4.69) is 19.9 Å². The van der Waals surface area contributed by atoms with Gasteiger partial charge in [-0.05, 0) is 92.3 Å². The first-order chi connectivity index (χ1) is 21.7. The Labute approximate surface area is 276 Å². The maximum atomic E-state index is 12.8.